The fraction of sp³-hybridized carbons (Fsp3) is 0.429. The predicted octanol–water partition coefficient (Wildman–Crippen LogP) is 3.82. The summed E-state index contributed by atoms with van der Waals surface area (Å²) >= 11 is 0. The first-order valence-corrected chi connectivity index (χ1v) is 11.2. The van der Waals surface area contributed by atoms with Gasteiger partial charge in [0.05, 0.1) is 17.1 Å². The van der Waals surface area contributed by atoms with Crippen molar-refractivity contribution in [3.63, 3.8) is 0 Å². The second-order valence-electron chi connectivity index (χ2n) is 8.11. The van der Waals surface area contributed by atoms with Crippen molar-refractivity contribution in [2.24, 2.45) is 9.78 Å². The van der Waals surface area contributed by atoms with Crippen LogP contribution in [-0.2, 0) is 21.3 Å². The number of allylic oxidation sites excluding steroid dienone is 2. The molecule has 2 atom stereocenters. The van der Waals surface area contributed by atoms with Crippen LogP contribution in [0.2, 0.25) is 0 Å². The molecule has 2 unspecified atom stereocenters. The summed E-state index contributed by atoms with van der Waals surface area (Å²) in [5.41, 5.74) is 3.89. The highest BCUT2D eigenvalue weighted by Gasteiger charge is 2.40. The topological polar surface area (TPSA) is 96.9 Å². The zero-order chi connectivity index (χ0) is 20.8. The van der Waals surface area contributed by atoms with E-state index in [1.54, 1.807) is 25.3 Å². The molecule has 1 fully saturated rings. The maximum Gasteiger partial charge on any atom is 0.355 e. The third-order valence-corrected chi connectivity index (χ3v) is 7.91. The van der Waals surface area contributed by atoms with E-state index in [9.17, 15) is 13.8 Å². The standard InChI is InChI=1S/C21H25N3O4S/c1-13-8-10-21(2)9-4-5-16(21)18(13)22-20(26)24-29(27)17-11-14(12-28-3)6-7-15(17)19(25)23-29/h6-7,11H,1,4-5,8-10,12H2,2-3H3,(H2,22,23,24,25,26,27). The first-order chi connectivity index (χ1) is 13.8. The number of hydrogen-bond acceptors (Lipinski definition) is 4. The molecule has 154 valence electrons. The molecule has 1 aliphatic heterocycles. The van der Waals surface area contributed by atoms with Gasteiger partial charge in [-0.25, -0.2) is 9.00 Å². The zero-order valence-electron chi connectivity index (χ0n) is 16.7. The molecule has 0 radical (unpaired) electrons. The molecular weight excluding hydrogens is 390 g/mol. The Hall–Kier alpha value is -2.45. The summed E-state index contributed by atoms with van der Waals surface area (Å²) in [7, 11) is -1.85. The van der Waals surface area contributed by atoms with E-state index in [1.165, 1.54) is 5.57 Å². The number of nitrogens with one attached hydrogen (secondary N) is 2. The van der Waals surface area contributed by atoms with E-state index in [2.05, 4.69) is 27.9 Å². The van der Waals surface area contributed by atoms with Gasteiger partial charge in [-0.15, -0.1) is 4.36 Å². The third-order valence-electron chi connectivity index (χ3n) is 6.09. The van der Waals surface area contributed by atoms with Crippen molar-refractivity contribution < 1.29 is 18.5 Å². The van der Waals surface area contributed by atoms with Gasteiger partial charge in [0.25, 0.3) is 5.91 Å². The van der Waals surface area contributed by atoms with Crippen molar-refractivity contribution in [3.8, 4) is 0 Å². The molecule has 2 aliphatic carbocycles. The SMILES string of the molecule is C=C1CCC2(C)CCCC2=C1NC(=O)N=S1(=O)NC(=O)c2ccc(COC)cc21. The molecule has 4 rings (SSSR count). The van der Waals surface area contributed by atoms with E-state index in [4.69, 9.17) is 4.74 Å². The minimum absolute atomic E-state index is 0.0784. The highest BCUT2D eigenvalue weighted by Crippen LogP contribution is 2.51. The van der Waals surface area contributed by atoms with Crippen molar-refractivity contribution in [3.05, 3.63) is 52.7 Å². The summed E-state index contributed by atoms with van der Waals surface area (Å²) in [5.74, 6) is -0.502. The largest absolute Gasteiger partial charge is 0.380 e. The number of benzene rings is 1. The molecule has 1 heterocycles. The monoisotopic (exact) mass is 415 g/mol. The fourth-order valence-corrected chi connectivity index (χ4v) is 6.20. The number of ether oxygens (including phenoxy) is 1. The van der Waals surface area contributed by atoms with Crippen LogP contribution in [0, 0.1) is 5.41 Å². The van der Waals surface area contributed by atoms with Gasteiger partial charge in [0.1, 0.15) is 0 Å². The summed E-state index contributed by atoms with van der Waals surface area (Å²) in [6.45, 7) is 6.62. The smallest absolute Gasteiger partial charge is 0.355 e. The molecule has 2 N–H and O–H groups in total. The van der Waals surface area contributed by atoms with Gasteiger partial charge in [0.2, 0.25) is 0 Å². The highest BCUT2D eigenvalue weighted by atomic mass is 32.2. The molecule has 29 heavy (non-hydrogen) atoms. The molecule has 7 nitrogen and oxygen atoms in total. The van der Waals surface area contributed by atoms with Crippen molar-refractivity contribution in [1.29, 1.82) is 0 Å². The van der Waals surface area contributed by atoms with E-state index in [1.807, 2.05) is 0 Å². The molecular formula is C21H25N3O4S. The van der Waals surface area contributed by atoms with Gasteiger partial charge in [-0.1, -0.05) is 19.6 Å². The molecule has 0 bridgehead atoms. The third kappa shape index (κ3) is 3.40. The number of hydrogen-bond donors (Lipinski definition) is 2. The fourth-order valence-electron chi connectivity index (χ4n) is 4.53. The molecule has 8 heteroatoms. The molecule has 3 aliphatic rings. The number of rotatable bonds is 3. The molecule has 1 aromatic rings. The minimum atomic E-state index is -3.40. The van der Waals surface area contributed by atoms with Crippen LogP contribution < -0.4 is 10.0 Å². The first-order valence-electron chi connectivity index (χ1n) is 9.70. The lowest BCUT2D eigenvalue weighted by Crippen LogP contribution is -2.31. The second kappa shape index (κ2) is 7.11. The lowest BCUT2D eigenvalue weighted by molar-refractivity contribution is 0.0985. The van der Waals surface area contributed by atoms with Gasteiger partial charge >= 0.3 is 6.03 Å². The number of fused-ring (bicyclic) bond motifs is 2. The summed E-state index contributed by atoms with van der Waals surface area (Å²) in [5, 5.41) is 2.82. The van der Waals surface area contributed by atoms with Gasteiger partial charge in [-0.2, -0.15) is 0 Å². The molecule has 0 spiro atoms. The van der Waals surface area contributed by atoms with Crippen LogP contribution in [0.25, 0.3) is 0 Å². The number of urea groups is 1. The summed E-state index contributed by atoms with van der Waals surface area (Å²) < 4.78 is 24.7. The molecule has 1 saturated carbocycles. The Bertz CT molecular complexity index is 1080. The van der Waals surface area contributed by atoms with E-state index >= 15 is 0 Å². The van der Waals surface area contributed by atoms with Crippen LogP contribution in [0.4, 0.5) is 4.79 Å². The van der Waals surface area contributed by atoms with Gasteiger partial charge < -0.3 is 10.1 Å². The number of methoxy groups -OCH3 is 1. The van der Waals surface area contributed by atoms with Crippen molar-refractivity contribution in [2.75, 3.05) is 7.11 Å². The maximum absolute atomic E-state index is 13.4. The summed E-state index contributed by atoms with van der Waals surface area (Å²) in [6, 6.07) is 4.18. The van der Waals surface area contributed by atoms with E-state index < -0.39 is 21.9 Å². The van der Waals surface area contributed by atoms with Crippen molar-refractivity contribution >= 4 is 21.9 Å². The lowest BCUT2D eigenvalue weighted by Gasteiger charge is -2.34. The average molecular weight is 416 g/mol. The van der Waals surface area contributed by atoms with Gasteiger partial charge in [-0.3, -0.25) is 9.52 Å². The van der Waals surface area contributed by atoms with Crippen LogP contribution in [0.5, 0.6) is 0 Å². The number of carbonyl (C=O) groups excluding carboxylic acids is 2. The van der Waals surface area contributed by atoms with Crippen LogP contribution in [0.15, 0.2) is 50.9 Å². The quantitative estimate of drug-likeness (QED) is 0.784. The normalized spacial score (nSPS) is 28.1. The summed E-state index contributed by atoms with van der Waals surface area (Å²) in [6.07, 6.45) is 4.93. The molecule has 0 aromatic heterocycles. The molecule has 0 saturated heterocycles. The Kier molecular flexibility index (Phi) is 4.86. The molecule has 3 amide bonds. The van der Waals surface area contributed by atoms with Crippen LogP contribution in [0.1, 0.15) is 54.9 Å². The summed E-state index contributed by atoms with van der Waals surface area (Å²) in [4.78, 5) is 25.2. The predicted molar refractivity (Wildman–Crippen MR) is 109 cm³/mol. The second-order valence-corrected chi connectivity index (χ2v) is 9.99. The Labute approximate surface area is 170 Å². The number of amides is 3. The Morgan fingerprint density at radius 3 is 2.93 bits per heavy atom. The maximum atomic E-state index is 13.4. The zero-order valence-corrected chi connectivity index (χ0v) is 17.5. The highest BCUT2D eigenvalue weighted by molar-refractivity contribution is 7.93. The van der Waals surface area contributed by atoms with Crippen LogP contribution >= 0.6 is 0 Å². The van der Waals surface area contributed by atoms with Crippen molar-refractivity contribution in [1.82, 2.24) is 10.0 Å². The molecule has 1 aromatic carbocycles. The van der Waals surface area contributed by atoms with Gasteiger partial charge in [0, 0.05) is 12.8 Å². The average Bonchev–Trinajstić information content (AvgIpc) is 3.16. The van der Waals surface area contributed by atoms with Crippen LogP contribution in [-0.4, -0.2) is 23.3 Å². The first kappa shape index (κ1) is 19.8. The van der Waals surface area contributed by atoms with E-state index in [0.29, 0.717) is 6.61 Å². The number of carbonyl (C=O) groups is 2. The Morgan fingerprint density at radius 2 is 2.17 bits per heavy atom. The lowest BCUT2D eigenvalue weighted by atomic mass is 9.73. The van der Waals surface area contributed by atoms with E-state index in [-0.39, 0.29) is 15.9 Å². The Balaban J connectivity index is 1.69. The Morgan fingerprint density at radius 1 is 1.38 bits per heavy atom. The number of nitrogens with zero attached hydrogens (tertiary/aromatic N) is 1. The van der Waals surface area contributed by atoms with Crippen LogP contribution in [0.3, 0.4) is 0 Å². The van der Waals surface area contributed by atoms with Crippen molar-refractivity contribution in [2.45, 2.75) is 50.5 Å². The van der Waals surface area contributed by atoms with E-state index in [0.717, 1.165) is 48.9 Å². The van der Waals surface area contributed by atoms with Gasteiger partial charge in [-0.05, 0) is 66.4 Å². The van der Waals surface area contributed by atoms with Gasteiger partial charge in [0.15, 0.2) is 9.92 Å². The minimum Gasteiger partial charge on any atom is -0.380 e.